The molecule has 5 nitrogen and oxygen atoms in total. The van der Waals surface area contributed by atoms with Crippen LogP contribution in [-0.4, -0.2) is 20.4 Å². The maximum Gasteiger partial charge on any atom is 0.275 e. The van der Waals surface area contributed by atoms with Gasteiger partial charge >= 0.3 is 0 Å². The van der Waals surface area contributed by atoms with Gasteiger partial charge < -0.3 is 4.98 Å². The predicted molar refractivity (Wildman–Crippen MR) is 77.5 cm³/mol. The number of nitrogens with one attached hydrogen (secondary N) is 2. The quantitative estimate of drug-likeness (QED) is 0.553. The van der Waals surface area contributed by atoms with Gasteiger partial charge in [0.1, 0.15) is 0 Å². The standard InChI is InChI=1S/C15H10N4O/c20-15-12(8-16-19-18-15)11-6-3-5-10-9-4-1-2-7-13(9)17-14(10)11/h1-8,17H,(H,16,18,20). The van der Waals surface area contributed by atoms with Crippen molar-refractivity contribution < 1.29 is 0 Å². The van der Waals surface area contributed by atoms with Gasteiger partial charge in [-0.15, -0.1) is 5.10 Å². The van der Waals surface area contributed by atoms with Gasteiger partial charge in [-0.25, -0.2) is 5.10 Å². The number of nitrogens with zero attached hydrogens (tertiary/aromatic N) is 2. The fraction of sp³-hybridized carbons (Fsp3) is 0. The van der Waals surface area contributed by atoms with Crippen molar-refractivity contribution >= 4 is 21.8 Å². The van der Waals surface area contributed by atoms with E-state index in [0.717, 1.165) is 27.4 Å². The number of rotatable bonds is 1. The Kier molecular flexibility index (Phi) is 2.20. The lowest BCUT2D eigenvalue weighted by Crippen LogP contribution is -2.11. The zero-order chi connectivity index (χ0) is 13.5. The molecule has 0 radical (unpaired) electrons. The first-order valence-corrected chi connectivity index (χ1v) is 6.25. The van der Waals surface area contributed by atoms with Gasteiger partial charge in [-0.1, -0.05) is 41.6 Å². The van der Waals surface area contributed by atoms with Crippen molar-refractivity contribution in [3.8, 4) is 11.1 Å². The summed E-state index contributed by atoms with van der Waals surface area (Å²) in [6.45, 7) is 0. The Morgan fingerprint density at radius 2 is 1.75 bits per heavy atom. The Morgan fingerprint density at radius 3 is 2.65 bits per heavy atom. The molecule has 0 saturated heterocycles. The van der Waals surface area contributed by atoms with Crippen LogP contribution in [0, 0.1) is 0 Å². The zero-order valence-corrected chi connectivity index (χ0v) is 10.4. The monoisotopic (exact) mass is 262 g/mol. The maximum atomic E-state index is 11.9. The molecule has 0 fully saturated rings. The molecule has 0 amide bonds. The molecule has 2 N–H and O–H groups in total. The molecule has 5 heteroatoms. The molecule has 0 bridgehead atoms. The van der Waals surface area contributed by atoms with Crippen LogP contribution in [0.15, 0.2) is 53.5 Å². The Balaban J connectivity index is 2.16. The van der Waals surface area contributed by atoms with Gasteiger partial charge in [-0.05, 0) is 6.07 Å². The summed E-state index contributed by atoms with van der Waals surface area (Å²) in [5, 5.41) is 11.9. The number of para-hydroxylation sites is 2. The number of benzene rings is 2. The van der Waals surface area contributed by atoms with Gasteiger partial charge in [-0.3, -0.25) is 4.79 Å². The molecule has 96 valence electrons. The van der Waals surface area contributed by atoms with Crippen LogP contribution in [-0.2, 0) is 0 Å². The summed E-state index contributed by atoms with van der Waals surface area (Å²) in [7, 11) is 0. The van der Waals surface area contributed by atoms with Crippen LogP contribution in [0.5, 0.6) is 0 Å². The van der Waals surface area contributed by atoms with Gasteiger partial charge in [0.25, 0.3) is 5.56 Å². The van der Waals surface area contributed by atoms with Crippen molar-refractivity contribution in [3.05, 3.63) is 59.0 Å². The lowest BCUT2D eigenvalue weighted by atomic mass is 10.0. The molecule has 4 aromatic rings. The second kappa shape index (κ2) is 4.03. The Labute approximate surface area is 113 Å². The molecule has 2 heterocycles. The Hall–Kier alpha value is -2.95. The first-order chi connectivity index (χ1) is 9.84. The first kappa shape index (κ1) is 10.9. The third kappa shape index (κ3) is 1.46. The van der Waals surface area contributed by atoms with E-state index in [1.165, 1.54) is 6.20 Å². The number of hydrogen-bond donors (Lipinski definition) is 2. The third-order valence-corrected chi connectivity index (χ3v) is 3.47. The molecular formula is C15H10N4O. The van der Waals surface area contributed by atoms with Crippen molar-refractivity contribution in [2.24, 2.45) is 0 Å². The smallest absolute Gasteiger partial charge is 0.275 e. The summed E-state index contributed by atoms with van der Waals surface area (Å²) in [6.07, 6.45) is 1.49. The summed E-state index contributed by atoms with van der Waals surface area (Å²) in [4.78, 5) is 15.3. The molecule has 0 aliphatic rings. The molecule has 2 aromatic heterocycles. The SMILES string of the molecule is O=c1[nH]nncc1-c1cccc2c1[nH]c1ccccc12. The molecule has 4 rings (SSSR count). The number of aromatic amines is 2. The minimum atomic E-state index is -0.244. The topological polar surface area (TPSA) is 74.4 Å². The van der Waals surface area contributed by atoms with E-state index in [0.29, 0.717) is 5.56 Å². The average molecular weight is 262 g/mol. The number of fused-ring (bicyclic) bond motifs is 3. The molecule has 0 spiro atoms. The van der Waals surface area contributed by atoms with Gasteiger partial charge in [0.2, 0.25) is 0 Å². The fourth-order valence-corrected chi connectivity index (χ4v) is 2.57. The first-order valence-electron chi connectivity index (χ1n) is 6.25. The predicted octanol–water partition coefficient (Wildman–Crippen LogP) is 2.47. The van der Waals surface area contributed by atoms with Gasteiger partial charge in [0, 0.05) is 21.9 Å². The molecule has 0 aliphatic carbocycles. The highest BCUT2D eigenvalue weighted by atomic mass is 16.1. The third-order valence-electron chi connectivity index (χ3n) is 3.47. The summed E-state index contributed by atoms with van der Waals surface area (Å²) in [6, 6.07) is 14.0. The van der Waals surface area contributed by atoms with E-state index >= 15 is 0 Å². The molecular weight excluding hydrogens is 252 g/mol. The van der Waals surface area contributed by atoms with Gasteiger partial charge in [-0.2, -0.15) is 0 Å². The summed E-state index contributed by atoms with van der Waals surface area (Å²) in [5.74, 6) is 0. The molecule has 0 saturated carbocycles. The Morgan fingerprint density at radius 1 is 0.900 bits per heavy atom. The van der Waals surface area contributed by atoms with E-state index < -0.39 is 0 Å². The van der Waals surface area contributed by atoms with Crippen LogP contribution in [0.1, 0.15) is 0 Å². The second-order valence-electron chi connectivity index (χ2n) is 4.60. The zero-order valence-electron chi connectivity index (χ0n) is 10.4. The summed E-state index contributed by atoms with van der Waals surface area (Å²) >= 11 is 0. The lowest BCUT2D eigenvalue weighted by molar-refractivity contribution is 0.844. The van der Waals surface area contributed by atoms with Gasteiger partial charge in [0.15, 0.2) is 0 Å². The van der Waals surface area contributed by atoms with Crippen LogP contribution in [0.25, 0.3) is 32.9 Å². The minimum Gasteiger partial charge on any atom is -0.354 e. The molecule has 0 atom stereocenters. The van der Waals surface area contributed by atoms with Crippen molar-refractivity contribution in [2.45, 2.75) is 0 Å². The summed E-state index contributed by atoms with van der Waals surface area (Å²) in [5.41, 5.74) is 3.08. The number of H-pyrrole nitrogens is 2. The van der Waals surface area contributed by atoms with Crippen molar-refractivity contribution in [1.82, 2.24) is 20.4 Å². The number of aromatic nitrogens is 4. The summed E-state index contributed by atoms with van der Waals surface area (Å²) < 4.78 is 0. The van der Waals surface area contributed by atoms with Crippen molar-refractivity contribution in [2.75, 3.05) is 0 Å². The van der Waals surface area contributed by atoms with E-state index in [-0.39, 0.29) is 5.56 Å². The van der Waals surface area contributed by atoms with E-state index in [1.54, 1.807) is 0 Å². The van der Waals surface area contributed by atoms with E-state index in [2.05, 4.69) is 26.5 Å². The molecule has 2 aromatic carbocycles. The molecule has 0 unspecified atom stereocenters. The minimum absolute atomic E-state index is 0.244. The average Bonchev–Trinajstić information content (AvgIpc) is 2.86. The lowest BCUT2D eigenvalue weighted by Gasteiger charge is -2.01. The van der Waals surface area contributed by atoms with Gasteiger partial charge in [0.05, 0.1) is 17.3 Å². The normalized spacial score (nSPS) is 11.2. The Bertz CT molecular complexity index is 984. The second-order valence-corrected chi connectivity index (χ2v) is 4.60. The molecule has 20 heavy (non-hydrogen) atoms. The number of hydrogen-bond acceptors (Lipinski definition) is 3. The highest BCUT2D eigenvalue weighted by Gasteiger charge is 2.11. The largest absolute Gasteiger partial charge is 0.354 e. The van der Waals surface area contributed by atoms with E-state index in [1.807, 2.05) is 36.4 Å². The van der Waals surface area contributed by atoms with Crippen LogP contribution in [0.2, 0.25) is 0 Å². The van der Waals surface area contributed by atoms with E-state index in [9.17, 15) is 4.79 Å². The fourth-order valence-electron chi connectivity index (χ4n) is 2.57. The van der Waals surface area contributed by atoms with Crippen LogP contribution >= 0.6 is 0 Å². The van der Waals surface area contributed by atoms with Crippen LogP contribution < -0.4 is 5.56 Å². The maximum absolute atomic E-state index is 11.9. The van der Waals surface area contributed by atoms with E-state index in [4.69, 9.17) is 0 Å². The van der Waals surface area contributed by atoms with Crippen LogP contribution in [0.3, 0.4) is 0 Å². The highest BCUT2D eigenvalue weighted by Crippen LogP contribution is 2.31. The highest BCUT2D eigenvalue weighted by molar-refractivity contribution is 6.11. The van der Waals surface area contributed by atoms with Crippen molar-refractivity contribution in [1.29, 1.82) is 0 Å². The molecule has 0 aliphatic heterocycles. The van der Waals surface area contributed by atoms with Crippen LogP contribution in [0.4, 0.5) is 0 Å². The van der Waals surface area contributed by atoms with Crippen molar-refractivity contribution in [3.63, 3.8) is 0 Å².